The van der Waals surface area contributed by atoms with Gasteiger partial charge >= 0.3 is 0 Å². The topological polar surface area (TPSA) is 30.8 Å². The standard InChI is InChI=1S/C26H28NO2P/c1-26(2,3)24-18-29-25(27-24)22-17-19(28-4)15-16-23(22)30(20-11-7-5-8-12-20)21-13-9-6-10-14-21/h5-17,24H,18H2,1-4H3. The Balaban J connectivity index is 1.88. The van der Waals surface area contributed by atoms with Crippen molar-refractivity contribution in [1.82, 2.24) is 0 Å². The number of aliphatic imine (C=N–C) groups is 1. The molecule has 3 aromatic rings. The van der Waals surface area contributed by atoms with Crippen molar-refractivity contribution in [3.05, 3.63) is 84.4 Å². The van der Waals surface area contributed by atoms with Crippen molar-refractivity contribution >= 4 is 29.7 Å². The third-order valence-electron chi connectivity index (χ3n) is 5.35. The van der Waals surface area contributed by atoms with Gasteiger partial charge in [0.1, 0.15) is 12.4 Å². The summed E-state index contributed by atoms with van der Waals surface area (Å²) < 4.78 is 11.7. The third kappa shape index (κ3) is 4.27. The second-order valence-electron chi connectivity index (χ2n) is 8.52. The zero-order chi connectivity index (χ0) is 21.1. The van der Waals surface area contributed by atoms with Gasteiger partial charge in [0.05, 0.1) is 13.2 Å². The molecule has 1 heterocycles. The number of nitrogens with zero attached hydrogens (tertiary/aromatic N) is 1. The Morgan fingerprint density at radius 1 is 0.900 bits per heavy atom. The van der Waals surface area contributed by atoms with E-state index in [-0.39, 0.29) is 11.5 Å². The van der Waals surface area contributed by atoms with Gasteiger partial charge in [0, 0.05) is 5.56 Å². The van der Waals surface area contributed by atoms with Gasteiger partial charge in [-0.25, -0.2) is 4.99 Å². The summed E-state index contributed by atoms with van der Waals surface area (Å²) in [7, 11) is 0.941. The molecule has 0 spiro atoms. The third-order valence-corrected chi connectivity index (χ3v) is 7.86. The Labute approximate surface area is 180 Å². The largest absolute Gasteiger partial charge is 0.497 e. The second-order valence-corrected chi connectivity index (χ2v) is 10.7. The van der Waals surface area contributed by atoms with Crippen molar-refractivity contribution in [3.63, 3.8) is 0 Å². The minimum atomic E-state index is -0.759. The summed E-state index contributed by atoms with van der Waals surface area (Å²) in [6.45, 7) is 7.24. The van der Waals surface area contributed by atoms with Gasteiger partial charge in [-0.05, 0) is 47.4 Å². The quantitative estimate of drug-likeness (QED) is 0.566. The van der Waals surface area contributed by atoms with Crippen molar-refractivity contribution in [1.29, 1.82) is 0 Å². The van der Waals surface area contributed by atoms with E-state index in [4.69, 9.17) is 14.5 Å². The average Bonchev–Trinajstić information content (AvgIpc) is 3.26. The van der Waals surface area contributed by atoms with Gasteiger partial charge < -0.3 is 9.47 Å². The van der Waals surface area contributed by atoms with E-state index in [1.54, 1.807) is 7.11 Å². The summed E-state index contributed by atoms with van der Waals surface area (Å²) in [5.41, 5.74) is 1.09. The summed E-state index contributed by atoms with van der Waals surface area (Å²) in [5.74, 6) is 1.54. The van der Waals surface area contributed by atoms with Gasteiger partial charge in [0.25, 0.3) is 0 Å². The van der Waals surface area contributed by atoms with Crippen LogP contribution in [0.1, 0.15) is 26.3 Å². The van der Waals surface area contributed by atoms with Crippen molar-refractivity contribution in [2.24, 2.45) is 10.4 Å². The van der Waals surface area contributed by atoms with Crippen molar-refractivity contribution in [3.8, 4) is 5.75 Å². The molecule has 1 atom stereocenters. The van der Waals surface area contributed by atoms with Crippen LogP contribution in [-0.2, 0) is 4.74 Å². The van der Waals surface area contributed by atoms with Crippen LogP contribution in [0.15, 0.2) is 83.9 Å². The number of hydrogen-bond acceptors (Lipinski definition) is 3. The molecule has 1 aliphatic rings. The van der Waals surface area contributed by atoms with Crippen LogP contribution in [0, 0.1) is 5.41 Å². The lowest BCUT2D eigenvalue weighted by Gasteiger charge is -2.22. The molecule has 0 bridgehead atoms. The molecule has 30 heavy (non-hydrogen) atoms. The normalized spacial score (nSPS) is 16.3. The van der Waals surface area contributed by atoms with E-state index in [2.05, 4.69) is 93.6 Å². The number of methoxy groups -OCH3 is 1. The smallest absolute Gasteiger partial charge is 0.217 e. The molecular formula is C26H28NO2P. The van der Waals surface area contributed by atoms with Crippen LogP contribution in [0.2, 0.25) is 0 Å². The van der Waals surface area contributed by atoms with Crippen molar-refractivity contribution < 1.29 is 9.47 Å². The number of ether oxygens (including phenoxy) is 2. The molecule has 4 rings (SSSR count). The first-order valence-electron chi connectivity index (χ1n) is 10.3. The van der Waals surface area contributed by atoms with Crippen molar-refractivity contribution in [2.45, 2.75) is 26.8 Å². The van der Waals surface area contributed by atoms with Gasteiger partial charge in [0.15, 0.2) is 0 Å². The highest BCUT2D eigenvalue weighted by Crippen LogP contribution is 2.36. The van der Waals surface area contributed by atoms with Crippen LogP contribution < -0.4 is 20.7 Å². The van der Waals surface area contributed by atoms with E-state index in [1.165, 1.54) is 15.9 Å². The molecule has 0 saturated carbocycles. The highest BCUT2D eigenvalue weighted by atomic mass is 31.1. The molecule has 1 aliphatic heterocycles. The molecule has 0 aliphatic carbocycles. The van der Waals surface area contributed by atoms with E-state index in [1.807, 2.05) is 6.07 Å². The van der Waals surface area contributed by atoms with Gasteiger partial charge in [-0.2, -0.15) is 0 Å². The predicted molar refractivity (Wildman–Crippen MR) is 127 cm³/mol. The molecule has 3 nitrogen and oxygen atoms in total. The predicted octanol–water partition coefficient (Wildman–Crippen LogP) is 4.64. The monoisotopic (exact) mass is 417 g/mol. The van der Waals surface area contributed by atoms with E-state index >= 15 is 0 Å². The summed E-state index contributed by atoms with van der Waals surface area (Å²) in [6.07, 6.45) is 0. The average molecular weight is 417 g/mol. The molecule has 154 valence electrons. The lowest BCUT2D eigenvalue weighted by atomic mass is 9.88. The lowest BCUT2D eigenvalue weighted by Crippen LogP contribution is -2.25. The van der Waals surface area contributed by atoms with E-state index in [9.17, 15) is 0 Å². The van der Waals surface area contributed by atoms with Gasteiger partial charge in [-0.15, -0.1) is 0 Å². The first-order chi connectivity index (χ1) is 14.5. The van der Waals surface area contributed by atoms with Crippen LogP contribution in [0.3, 0.4) is 0 Å². The molecule has 0 N–H and O–H groups in total. The van der Waals surface area contributed by atoms with Crippen LogP contribution in [0.4, 0.5) is 0 Å². The Morgan fingerprint density at radius 2 is 1.50 bits per heavy atom. The number of rotatable bonds is 5. The first kappa shape index (κ1) is 20.6. The summed E-state index contributed by atoms with van der Waals surface area (Å²) in [4.78, 5) is 4.98. The maximum Gasteiger partial charge on any atom is 0.217 e. The highest BCUT2D eigenvalue weighted by Gasteiger charge is 2.32. The van der Waals surface area contributed by atoms with Crippen LogP contribution in [0.5, 0.6) is 5.75 Å². The van der Waals surface area contributed by atoms with Gasteiger partial charge in [-0.3, -0.25) is 0 Å². The van der Waals surface area contributed by atoms with Crippen LogP contribution >= 0.6 is 7.92 Å². The van der Waals surface area contributed by atoms with Crippen LogP contribution in [-0.4, -0.2) is 25.7 Å². The summed E-state index contributed by atoms with van der Waals surface area (Å²) in [5, 5.41) is 3.84. The zero-order valence-corrected chi connectivity index (χ0v) is 18.9. The van der Waals surface area contributed by atoms with E-state index < -0.39 is 7.92 Å². The minimum absolute atomic E-state index is 0.0599. The summed E-state index contributed by atoms with van der Waals surface area (Å²) >= 11 is 0. The molecule has 1 unspecified atom stereocenters. The Kier molecular flexibility index (Phi) is 5.92. The maximum atomic E-state index is 6.15. The molecule has 0 fully saturated rings. The molecule has 0 aromatic heterocycles. The molecular weight excluding hydrogens is 389 g/mol. The molecule has 0 amide bonds. The Morgan fingerprint density at radius 3 is 2.00 bits per heavy atom. The first-order valence-corrected chi connectivity index (χ1v) is 11.6. The molecule has 3 aromatic carbocycles. The fourth-order valence-electron chi connectivity index (χ4n) is 3.55. The van der Waals surface area contributed by atoms with Crippen molar-refractivity contribution in [2.75, 3.05) is 13.7 Å². The highest BCUT2D eigenvalue weighted by molar-refractivity contribution is 7.80. The molecule has 0 saturated heterocycles. The Hall–Kier alpha value is -2.64. The van der Waals surface area contributed by atoms with Crippen LogP contribution in [0.25, 0.3) is 0 Å². The summed E-state index contributed by atoms with van der Waals surface area (Å²) in [6, 6.07) is 27.8. The molecule has 4 heteroatoms. The molecule has 0 radical (unpaired) electrons. The maximum absolute atomic E-state index is 6.15. The minimum Gasteiger partial charge on any atom is -0.497 e. The SMILES string of the molecule is COc1ccc(P(c2ccccc2)c2ccccc2)c(C2=NC(C(C)(C)C)CO2)c1. The van der Waals surface area contributed by atoms with E-state index in [0.29, 0.717) is 6.61 Å². The number of benzene rings is 3. The fraction of sp³-hybridized carbons (Fsp3) is 0.269. The van der Waals surface area contributed by atoms with Gasteiger partial charge in [-0.1, -0.05) is 81.4 Å². The number of hydrogen-bond donors (Lipinski definition) is 0. The van der Waals surface area contributed by atoms with E-state index in [0.717, 1.165) is 17.2 Å². The zero-order valence-electron chi connectivity index (χ0n) is 18.0. The fourth-order valence-corrected chi connectivity index (χ4v) is 5.97. The van der Waals surface area contributed by atoms with Gasteiger partial charge in [0.2, 0.25) is 5.90 Å². The second kappa shape index (κ2) is 8.62. The Bertz CT molecular complexity index is 986. The lowest BCUT2D eigenvalue weighted by molar-refractivity contribution is 0.236.